The van der Waals surface area contributed by atoms with Crippen LogP contribution in [-0.2, 0) is 24.7 Å². The molecule has 0 spiro atoms. The van der Waals surface area contributed by atoms with E-state index in [-0.39, 0.29) is 5.69 Å². The van der Waals surface area contributed by atoms with Gasteiger partial charge >= 0.3 is 5.97 Å². The Hall–Kier alpha value is -3.98. The van der Waals surface area contributed by atoms with Gasteiger partial charge in [-0.1, -0.05) is 0 Å². The summed E-state index contributed by atoms with van der Waals surface area (Å²) in [6, 6.07) is 14.5. The third kappa shape index (κ3) is 3.42. The van der Waals surface area contributed by atoms with Gasteiger partial charge in [0, 0.05) is 11.1 Å². The lowest BCUT2D eigenvalue weighted by molar-refractivity contribution is -0.729. The molecule has 0 aromatic heterocycles. The van der Waals surface area contributed by atoms with Crippen molar-refractivity contribution in [3.05, 3.63) is 101 Å². The number of anilines is 1. The molecule has 2 aliphatic heterocycles. The number of quaternary nitrogens is 1. The van der Waals surface area contributed by atoms with Crippen molar-refractivity contribution in [2.45, 2.75) is 11.6 Å². The standard InChI is InChI=1S/C26H19F3N2O4/c1-35-25(34)22-20-21(24(33)31(23(20)32)19-12-10-18(29)11-13-19)26(30-22,14-2-6-16(27)7-3-14)15-4-8-17(28)9-5-15/h2-13,20-22,30H,1H3/p+1/t20-,21+,22-/m1/s1. The van der Waals surface area contributed by atoms with Crippen LogP contribution in [0.25, 0.3) is 0 Å². The van der Waals surface area contributed by atoms with Crippen LogP contribution >= 0.6 is 0 Å². The molecular formula is C26H20F3N2O4+. The molecule has 0 saturated carbocycles. The summed E-state index contributed by atoms with van der Waals surface area (Å²) < 4.78 is 46.2. The van der Waals surface area contributed by atoms with Crippen LogP contribution in [0, 0.1) is 29.3 Å². The van der Waals surface area contributed by atoms with Gasteiger partial charge in [-0.2, -0.15) is 0 Å². The molecule has 2 N–H and O–H groups in total. The third-order valence-electron chi connectivity index (χ3n) is 6.87. The first-order valence-corrected chi connectivity index (χ1v) is 10.9. The Balaban J connectivity index is 1.75. The minimum Gasteiger partial charge on any atom is -0.465 e. The molecule has 9 heteroatoms. The van der Waals surface area contributed by atoms with Crippen LogP contribution in [-0.4, -0.2) is 30.9 Å². The average molecular weight is 481 g/mol. The van der Waals surface area contributed by atoms with E-state index in [1.165, 1.54) is 67.8 Å². The maximum Gasteiger partial charge on any atom is 0.365 e. The van der Waals surface area contributed by atoms with Crippen molar-refractivity contribution in [1.29, 1.82) is 0 Å². The second-order valence-electron chi connectivity index (χ2n) is 8.59. The van der Waals surface area contributed by atoms with E-state index in [1.807, 2.05) is 0 Å². The van der Waals surface area contributed by atoms with Gasteiger partial charge in [-0.15, -0.1) is 0 Å². The second-order valence-corrected chi connectivity index (χ2v) is 8.59. The van der Waals surface area contributed by atoms with Crippen molar-refractivity contribution in [2.24, 2.45) is 11.8 Å². The van der Waals surface area contributed by atoms with Gasteiger partial charge in [0.25, 0.3) is 0 Å². The van der Waals surface area contributed by atoms with Gasteiger partial charge in [0.15, 0.2) is 11.6 Å². The summed E-state index contributed by atoms with van der Waals surface area (Å²) in [5.74, 6) is -5.76. The molecule has 2 heterocycles. The predicted octanol–water partition coefficient (Wildman–Crippen LogP) is 2.27. The molecule has 178 valence electrons. The number of nitrogens with two attached hydrogens (primary N) is 1. The fourth-order valence-electron chi connectivity index (χ4n) is 5.39. The van der Waals surface area contributed by atoms with Crippen LogP contribution < -0.4 is 10.2 Å². The number of carbonyl (C=O) groups is 3. The molecule has 2 aliphatic rings. The van der Waals surface area contributed by atoms with E-state index in [0.29, 0.717) is 11.1 Å². The number of carbonyl (C=O) groups excluding carboxylic acids is 3. The normalized spacial score (nSPS) is 22.9. The molecule has 2 saturated heterocycles. The summed E-state index contributed by atoms with van der Waals surface area (Å²) in [5.41, 5.74) is -0.304. The number of imide groups is 1. The lowest BCUT2D eigenvalue weighted by atomic mass is 9.71. The number of benzene rings is 3. The Labute approximate surface area is 198 Å². The Kier molecular flexibility index (Phi) is 5.44. The zero-order valence-electron chi connectivity index (χ0n) is 18.5. The van der Waals surface area contributed by atoms with Crippen LogP contribution in [0.1, 0.15) is 11.1 Å². The molecule has 2 amide bonds. The van der Waals surface area contributed by atoms with Gasteiger partial charge in [-0.3, -0.25) is 9.59 Å². The van der Waals surface area contributed by atoms with E-state index in [0.717, 1.165) is 17.0 Å². The molecule has 3 aromatic rings. The average Bonchev–Trinajstić information content (AvgIpc) is 3.35. The van der Waals surface area contributed by atoms with Crippen LogP contribution in [0.15, 0.2) is 72.8 Å². The van der Waals surface area contributed by atoms with Crippen molar-refractivity contribution in [1.82, 2.24) is 0 Å². The van der Waals surface area contributed by atoms with E-state index >= 15 is 0 Å². The van der Waals surface area contributed by atoms with Crippen molar-refractivity contribution in [3.63, 3.8) is 0 Å². The predicted molar refractivity (Wildman–Crippen MR) is 117 cm³/mol. The fraction of sp³-hybridized carbons (Fsp3) is 0.192. The summed E-state index contributed by atoms with van der Waals surface area (Å²) in [7, 11) is 1.18. The number of esters is 1. The van der Waals surface area contributed by atoms with E-state index in [9.17, 15) is 27.6 Å². The molecule has 0 unspecified atom stereocenters. The number of amides is 2. The highest BCUT2D eigenvalue weighted by molar-refractivity contribution is 6.23. The lowest BCUT2D eigenvalue weighted by Crippen LogP contribution is -2.99. The fourth-order valence-corrected chi connectivity index (χ4v) is 5.39. The number of hydrogen-bond acceptors (Lipinski definition) is 4. The van der Waals surface area contributed by atoms with Gasteiger partial charge < -0.3 is 10.1 Å². The first kappa shape index (κ1) is 22.8. The van der Waals surface area contributed by atoms with Crippen molar-refractivity contribution >= 4 is 23.5 Å². The highest BCUT2D eigenvalue weighted by atomic mass is 19.1. The number of nitrogens with zero attached hydrogens (tertiary/aromatic N) is 1. The summed E-state index contributed by atoms with van der Waals surface area (Å²) in [6.45, 7) is 0. The Bertz CT molecular complexity index is 1260. The van der Waals surface area contributed by atoms with Crippen LogP contribution in [0.5, 0.6) is 0 Å². The minimum atomic E-state index is -1.37. The molecule has 0 radical (unpaired) electrons. The molecule has 2 fully saturated rings. The van der Waals surface area contributed by atoms with Crippen molar-refractivity contribution in [3.8, 4) is 0 Å². The number of fused-ring (bicyclic) bond motifs is 1. The second kappa shape index (κ2) is 8.35. The van der Waals surface area contributed by atoms with E-state index in [4.69, 9.17) is 4.74 Å². The van der Waals surface area contributed by atoms with E-state index in [2.05, 4.69) is 0 Å². The number of methoxy groups -OCH3 is 1. The maximum atomic E-state index is 13.9. The molecule has 0 aliphatic carbocycles. The molecule has 0 bridgehead atoms. The summed E-state index contributed by atoms with van der Waals surface area (Å²) in [6.07, 6.45) is 0. The lowest BCUT2D eigenvalue weighted by Gasteiger charge is -2.32. The highest BCUT2D eigenvalue weighted by Crippen LogP contribution is 2.48. The van der Waals surface area contributed by atoms with Gasteiger partial charge in [0.1, 0.15) is 29.3 Å². The largest absolute Gasteiger partial charge is 0.465 e. The minimum absolute atomic E-state index is 0.159. The Morgan fingerprint density at radius 2 is 1.26 bits per heavy atom. The van der Waals surface area contributed by atoms with Gasteiger partial charge in [0.05, 0.1) is 12.8 Å². The third-order valence-corrected chi connectivity index (χ3v) is 6.87. The van der Waals surface area contributed by atoms with Gasteiger partial charge in [-0.05, 0) is 72.8 Å². The maximum absolute atomic E-state index is 13.9. The summed E-state index contributed by atoms with van der Waals surface area (Å²) >= 11 is 0. The Morgan fingerprint density at radius 1 is 0.800 bits per heavy atom. The number of ether oxygens (including phenoxy) is 1. The van der Waals surface area contributed by atoms with E-state index < -0.39 is 58.7 Å². The zero-order valence-corrected chi connectivity index (χ0v) is 18.5. The van der Waals surface area contributed by atoms with Crippen molar-refractivity contribution < 1.29 is 37.6 Å². The highest BCUT2D eigenvalue weighted by Gasteiger charge is 2.72. The van der Waals surface area contributed by atoms with E-state index in [1.54, 1.807) is 5.32 Å². The SMILES string of the molecule is COC(=O)[C@@H]1[NH2+]C(c2ccc(F)cc2)(c2ccc(F)cc2)[C@@H]2C(=O)N(c3ccc(F)cc3)C(=O)[C@H]21. The molecule has 6 nitrogen and oxygen atoms in total. The van der Waals surface area contributed by atoms with Gasteiger partial charge in [0.2, 0.25) is 11.8 Å². The van der Waals surface area contributed by atoms with Crippen LogP contribution in [0.4, 0.5) is 18.9 Å². The first-order valence-electron chi connectivity index (χ1n) is 10.9. The zero-order chi connectivity index (χ0) is 24.9. The Morgan fingerprint density at radius 3 is 1.71 bits per heavy atom. The first-order chi connectivity index (χ1) is 16.8. The molecular weight excluding hydrogens is 461 g/mol. The number of hydrogen-bond donors (Lipinski definition) is 1. The van der Waals surface area contributed by atoms with Gasteiger partial charge in [-0.25, -0.2) is 22.9 Å². The molecule has 3 atom stereocenters. The van der Waals surface area contributed by atoms with Crippen LogP contribution in [0.3, 0.4) is 0 Å². The number of rotatable bonds is 4. The quantitative estimate of drug-likeness (QED) is 0.458. The van der Waals surface area contributed by atoms with Crippen molar-refractivity contribution in [2.75, 3.05) is 12.0 Å². The summed E-state index contributed by atoms with van der Waals surface area (Å²) in [4.78, 5) is 41.4. The molecule has 35 heavy (non-hydrogen) atoms. The topological polar surface area (TPSA) is 80.3 Å². The smallest absolute Gasteiger partial charge is 0.365 e. The number of halogens is 3. The summed E-state index contributed by atoms with van der Waals surface area (Å²) in [5, 5.41) is 1.58. The molecule has 3 aromatic carbocycles. The van der Waals surface area contributed by atoms with Crippen LogP contribution in [0.2, 0.25) is 0 Å². The monoisotopic (exact) mass is 481 g/mol. The molecule has 5 rings (SSSR count).